The number of anilines is 1. The Morgan fingerprint density at radius 1 is 1.24 bits per heavy atom. The molecule has 1 aliphatic rings. The molecule has 2 rings (SSSR count). The Balaban J connectivity index is 1.87. The Kier molecular flexibility index (Phi) is 5.13. The van der Waals surface area contributed by atoms with Crippen LogP contribution in [0.2, 0.25) is 0 Å². The SMILES string of the molecule is NCCN1CCN(C(=O)C(=O)Nc2cccc(O)c2)CC1. The highest BCUT2D eigenvalue weighted by molar-refractivity contribution is 6.39. The third-order valence-corrected chi connectivity index (χ3v) is 3.40. The van der Waals surface area contributed by atoms with Gasteiger partial charge in [0.2, 0.25) is 0 Å². The van der Waals surface area contributed by atoms with Crippen LogP contribution in [0.4, 0.5) is 5.69 Å². The van der Waals surface area contributed by atoms with Gasteiger partial charge in [-0.3, -0.25) is 14.5 Å². The summed E-state index contributed by atoms with van der Waals surface area (Å²) < 4.78 is 0. The van der Waals surface area contributed by atoms with Gasteiger partial charge in [0.25, 0.3) is 0 Å². The van der Waals surface area contributed by atoms with E-state index in [9.17, 15) is 14.7 Å². The van der Waals surface area contributed by atoms with Crippen LogP contribution < -0.4 is 11.1 Å². The molecule has 7 heteroatoms. The van der Waals surface area contributed by atoms with Gasteiger partial charge < -0.3 is 21.1 Å². The third-order valence-electron chi connectivity index (χ3n) is 3.40. The van der Waals surface area contributed by atoms with Crippen LogP contribution in [0.25, 0.3) is 0 Å². The molecule has 4 N–H and O–H groups in total. The number of benzene rings is 1. The molecule has 1 saturated heterocycles. The summed E-state index contributed by atoms with van der Waals surface area (Å²) in [5.41, 5.74) is 5.89. The smallest absolute Gasteiger partial charge is 0.313 e. The van der Waals surface area contributed by atoms with E-state index < -0.39 is 11.8 Å². The number of hydrogen-bond acceptors (Lipinski definition) is 5. The van der Waals surface area contributed by atoms with Crippen molar-refractivity contribution in [1.82, 2.24) is 9.80 Å². The molecule has 0 aromatic heterocycles. The Hall–Kier alpha value is -2.12. The van der Waals surface area contributed by atoms with Crippen molar-refractivity contribution < 1.29 is 14.7 Å². The van der Waals surface area contributed by atoms with Gasteiger partial charge >= 0.3 is 11.8 Å². The van der Waals surface area contributed by atoms with Crippen LogP contribution in [0.3, 0.4) is 0 Å². The number of phenolic OH excluding ortho intramolecular Hbond substituents is 1. The second-order valence-electron chi connectivity index (χ2n) is 4.93. The molecule has 1 aliphatic heterocycles. The molecule has 0 spiro atoms. The third kappa shape index (κ3) is 4.17. The van der Waals surface area contributed by atoms with E-state index in [1.165, 1.54) is 17.0 Å². The molecule has 1 fully saturated rings. The second-order valence-corrected chi connectivity index (χ2v) is 4.93. The van der Waals surface area contributed by atoms with Gasteiger partial charge in [0, 0.05) is 51.0 Å². The molecule has 1 aromatic rings. The maximum atomic E-state index is 12.1. The van der Waals surface area contributed by atoms with Gasteiger partial charge in [0.15, 0.2) is 0 Å². The minimum Gasteiger partial charge on any atom is -0.508 e. The molecule has 21 heavy (non-hydrogen) atoms. The molecular weight excluding hydrogens is 272 g/mol. The zero-order chi connectivity index (χ0) is 15.2. The van der Waals surface area contributed by atoms with Crippen LogP contribution in [-0.4, -0.2) is 66.0 Å². The van der Waals surface area contributed by atoms with Crippen LogP contribution in [0.15, 0.2) is 24.3 Å². The van der Waals surface area contributed by atoms with Crippen molar-refractivity contribution in [2.45, 2.75) is 0 Å². The predicted octanol–water partition coefficient (Wildman–Crippen LogP) is -0.566. The first-order valence-corrected chi connectivity index (χ1v) is 6.92. The monoisotopic (exact) mass is 292 g/mol. The molecular formula is C14H20N4O3. The zero-order valence-corrected chi connectivity index (χ0v) is 11.8. The number of nitrogens with two attached hydrogens (primary N) is 1. The summed E-state index contributed by atoms with van der Waals surface area (Å²) >= 11 is 0. The number of aromatic hydroxyl groups is 1. The van der Waals surface area contributed by atoms with E-state index in [1.807, 2.05) is 0 Å². The highest BCUT2D eigenvalue weighted by atomic mass is 16.3. The molecule has 114 valence electrons. The zero-order valence-electron chi connectivity index (χ0n) is 11.8. The second kappa shape index (κ2) is 7.05. The standard InChI is InChI=1S/C14H20N4O3/c15-4-5-17-6-8-18(9-7-17)14(21)13(20)16-11-2-1-3-12(19)10-11/h1-3,10,19H,4-9,15H2,(H,16,20). The summed E-state index contributed by atoms with van der Waals surface area (Å²) in [6, 6.07) is 6.10. The van der Waals surface area contributed by atoms with Crippen LogP contribution in [-0.2, 0) is 9.59 Å². The quantitative estimate of drug-likeness (QED) is 0.648. The molecule has 0 bridgehead atoms. The van der Waals surface area contributed by atoms with Gasteiger partial charge in [-0.1, -0.05) is 6.07 Å². The maximum Gasteiger partial charge on any atom is 0.313 e. The maximum absolute atomic E-state index is 12.1. The van der Waals surface area contributed by atoms with Crippen LogP contribution in [0, 0.1) is 0 Å². The molecule has 2 amide bonds. The number of hydrogen-bond donors (Lipinski definition) is 3. The summed E-state index contributed by atoms with van der Waals surface area (Å²) in [5, 5.41) is 11.8. The fourth-order valence-electron chi connectivity index (χ4n) is 2.27. The number of nitrogens with zero attached hydrogens (tertiary/aromatic N) is 2. The number of piperazine rings is 1. The van der Waals surface area contributed by atoms with Crippen molar-refractivity contribution in [2.75, 3.05) is 44.6 Å². The Morgan fingerprint density at radius 2 is 1.95 bits per heavy atom. The van der Waals surface area contributed by atoms with E-state index in [0.29, 0.717) is 25.3 Å². The molecule has 0 unspecified atom stereocenters. The van der Waals surface area contributed by atoms with Gasteiger partial charge in [0.1, 0.15) is 5.75 Å². The minimum absolute atomic E-state index is 0.0376. The number of carbonyl (C=O) groups excluding carboxylic acids is 2. The normalized spacial score (nSPS) is 15.8. The molecule has 0 aliphatic carbocycles. The number of amides is 2. The number of phenols is 1. The lowest BCUT2D eigenvalue weighted by Gasteiger charge is -2.34. The summed E-state index contributed by atoms with van der Waals surface area (Å²) in [6.07, 6.45) is 0. The molecule has 1 heterocycles. The first-order chi connectivity index (χ1) is 10.1. The molecule has 0 saturated carbocycles. The first kappa shape index (κ1) is 15.3. The van der Waals surface area contributed by atoms with Crippen molar-refractivity contribution in [3.05, 3.63) is 24.3 Å². The van der Waals surface area contributed by atoms with E-state index in [1.54, 1.807) is 12.1 Å². The van der Waals surface area contributed by atoms with E-state index >= 15 is 0 Å². The highest BCUT2D eigenvalue weighted by Crippen LogP contribution is 2.15. The van der Waals surface area contributed by atoms with E-state index in [0.717, 1.165) is 19.6 Å². The summed E-state index contributed by atoms with van der Waals surface area (Å²) in [7, 11) is 0. The Labute approximate surface area is 123 Å². The van der Waals surface area contributed by atoms with Crippen LogP contribution >= 0.6 is 0 Å². The lowest BCUT2D eigenvalue weighted by Crippen LogP contribution is -2.52. The van der Waals surface area contributed by atoms with Crippen molar-refractivity contribution in [1.29, 1.82) is 0 Å². The minimum atomic E-state index is -0.687. The van der Waals surface area contributed by atoms with Crippen molar-refractivity contribution in [3.63, 3.8) is 0 Å². The van der Waals surface area contributed by atoms with E-state index in [2.05, 4.69) is 10.2 Å². The molecule has 1 aromatic carbocycles. The predicted molar refractivity (Wildman–Crippen MR) is 78.8 cm³/mol. The summed E-state index contributed by atoms with van der Waals surface area (Å²) in [6.45, 7) is 3.88. The van der Waals surface area contributed by atoms with E-state index in [4.69, 9.17) is 5.73 Å². The van der Waals surface area contributed by atoms with Crippen LogP contribution in [0.5, 0.6) is 5.75 Å². The number of carbonyl (C=O) groups is 2. The first-order valence-electron chi connectivity index (χ1n) is 6.92. The fraction of sp³-hybridized carbons (Fsp3) is 0.429. The number of nitrogens with one attached hydrogen (secondary N) is 1. The lowest BCUT2D eigenvalue weighted by atomic mass is 10.2. The molecule has 7 nitrogen and oxygen atoms in total. The van der Waals surface area contributed by atoms with Crippen molar-refractivity contribution >= 4 is 17.5 Å². The number of rotatable bonds is 3. The van der Waals surface area contributed by atoms with Gasteiger partial charge in [0.05, 0.1) is 0 Å². The Morgan fingerprint density at radius 3 is 2.57 bits per heavy atom. The van der Waals surface area contributed by atoms with Gasteiger partial charge in [-0.25, -0.2) is 0 Å². The van der Waals surface area contributed by atoms with Gasteiger partial charge in [-0.15, -0.1) is 0 Å². The average Bonchev–Trinajstić information content (AvgIpc) is 2.47. The molecule has 0 atom stereocenters. The largest absolute Gasteiger partial charge is 0.508 e. The summed E-state index contributed by atoms with van der Waals surface area (Å²) in [5.74, 6) is -1.20. The topological polar surface area (TPSA) is 98.9 Å². The van der Waals surface area contributed by atoms with Gasteiger partial charge in [-0.05, 0) is 12.1 Å². The van der Waals surface area contributed by atoms with Crippen molar-refractivity contribution in [2.24, 2.45) is 5.73 Å². The van der Waals surface area contributed by atoms with E-state index in [-0.39, 0.29) is 5.75 Å². The van der Waals surface area contributed by atoms with Crippen molar-refractivity contribution in [3.8, 4) is 5.75 Å². The lowest BCUT2D eigenvalue weighted by molar-refractivity contribution is -0.144. The molecule has 0 radical (unpaired) electrons. The summed E-state index contributed by atoms with van der Waals surface area (Å²) in [4.78, 5) is 27.7. The highest BCUT2D eigenvalue weighted by Gasteiger charge is 2.25. The fourth-order valence-corrected chi connectivity index (χ4v) is 2.27. The van der Waals surface area contributed by atoms with Gasteiger partial charge in [-0.2, -0.15) is 0 Å². The Bertz CT molecular complexity index is 513. The average molecular weight is 292 g/mol. The van der Waals surface area contributed by atoms with Crippen LogP contribution in [0.1, 0.15) is 0 Å².